The van der Waals surface area contributed by atoms with Gasteiger partial charge in [-0.1, -0.05) is 30.3 Å². The minimum absolute atomic E-state index is 0.350. The van der Waals surface area contributed by atoms with Crippen LogP contribution in [0.25, 0.3) is 6.08 Å². The molecule has 0 saturated heterocycles. The first kappa shape index (κ1) is 10.3. The lowest BCUT2D eigenvalue weighted by molar-refractivity contribution is -0.136. The summed E-state index contributed by atoms with van der Waals surface area (Å²) in [6.07, 6.45) is 1.76. The summed E-state index contributed by atoms with van der Waals surface area (Å²) >= 11 is 0. The topological polar surface area (TPSA) is 26.3 Å². The summed E-state index contributed by atoms with van der Waals surface area (Å²) in [5, 5.41) is 0. The molecule has 0 N–H and O–H groups in total. The van der Waals surface area contributed by atoms with E-state index in [1.807, 2.05) is 30.3 Å². The molecule has 0 saturated carbocycles. The van der Waals surface area contributed by atoms with Gasteiger partial charge in [-0.25, -0.2) is 4.79 Å². The molecule has 0 spiro atoms. The Balaban J connectivity index is 2.87. The van der Waals surface area contributed by atoms with Crippen molar-refractivity contribution in [3.8, 4) is 0 Å². The fourth-order valence-electron chi connectivity index (χ4n) is 0.953. The Hall–Kier alpha value is -1.79. The van der Waals surface area contributed by atoms with Crippen LogP contribution in [0.4, 0.5) is 0 Å². The molecule has 0 unspecified atom stereocenters. The van der Waals surface area contributed by atoms with E-state index < -0.39 is 0 Å². The summed E-state index contributed by atoms with van der Waals surface area (Å²) in [6.45, 7) is 1.67. The average Bonchev–Trinajstić information content (AvgIpc) is 2.26. The summed E-state index contributed by atoms with van der Waals surface area (Å²) in [5.41, 5.74) is 4.35. The molecule has 1 aromatic carbocycles. The van der Waals surface area contributed by atoms with Gasteiger partial charge < -0.3 is 4.74 Å². The molecular weight excluding hydrogens is 176 g/mol. The zero-order valence-corrected chi connectivity index (χ0v) is 8.28. The molecule has 0 aliphatic rings. The molecule has 0 aliphatic heterocycles. The Kier molecular flexibility index (Phi) is 3.71. The fourth-order valence-corrected chi connectivity index (χ4v) is 0.953. The van der Waals surface area contributed by atoms with Crippen molar-refractivity contribution < 1.29 is 9.53 Å². The number of ether oxygens (including phenoxy) is 1. The van der Waals surface area contributed by atoms with Gasteiger partial charge in [0.05, 0.1) is 12.7 Å². The number of benzene rings is 1. The van der Waals surface area contributed by atoms with E-state index in [1.165, 1.54) is 7.11 Å². The van der Waals surface area contributed by atoms with Crippen LogP contribution in [0.15, 0.2) is 41.6 Å². The van der Waals surface area contributed by atoms with Gasteiger partial charge in [0.15, 0.2) is 0 Å². The van der Waals surface area contributed by atoms with Crippen LogP contribution in [0.5, 0.6) is 0 Å². The Morgan fingerprint density at radius 1 is 1.36 bits per heavy atom. The van der Waals surface area contributed by atoms with Gasteiger partial charge in [-0.05, 0) is 18.6 Å². The zero-order valence-electron chi connectivity index (χ0n) is 8.28. The number of hydrogen-bond donors (Lipinski definition) is 0. The molecule has 0 fully saturated rings. The third-order valence-corrected chi connectivity index (χ3v) is 1.75. The molecule has 1 rings (SSSR count). The van der Waals surface area contributed by atoms with Crippen molar-refractivity contribution in [1.29, 1.82) is 0 Å². The number of carbonyl (C=O) groups is 1. The molecule has 0 heterocycles. The predicted octanol–water partition coefficient (Wildman–Crippen LogP) is 2.42. The second-order valence-corrected chi connectivity index (χ2v) is 2.82. The monoisotopic (exact) mass is 188 g/mol. The molecule has 1 aromatic rings. The van der Waals surface area contributed by atoms with Gasteiger partial charge in [0.2, 0.25) is 0 Å². The third kappa shape index (κ3) is 2.92. The first-order valence-corrected chi connectivity index (χ1v) is 4.30. The highest BCUT2D eigenvalue weighted by molar-refractivity contribution is 5.88. The minimum atomic E-state index is -0.350. The van der Waals surface area contributed by atoms with Crippen molar-refractivity contribution in [2.75, 3.05) is 7.11 Å². The van der Waals surface area contributed by atoms with Crippen molar-refractivity contribution in [3.63, 3.8) is 0 Å². The van der Waals surface area contributed by atoms with E-state index in [0.29, 0.717) is 5.57 Å². The van der Waals surface area contributed by atoms with Crippen LogP contribution in [-0.2, 0) is 9.53 Å². The highest BCUT2D eigenvalue weighted by atomic mass is 16.5. The van der Waals surface area contributed by atoms with Gasteiger partial charge in [-0.15, -0.1) is 5.73 Å². The molecule has 0 aliphatic carbocycles. The maximum atomic E-state index is 11.0. The quantitative estimate of drug-likeness (QED) is 0.404. The van der Waals surface area contributed by atoms with E-state index in [0.717, 1.165) is 5.56 Å². The highest BCUT2D eigenvalue weighted by Crippen LogP contribution is 2.01. The predicted molar refractivity (Wildman–Crippen MR) is 55.6 cm³/mol. The minimum Gasteiger partial charge on any atom is -0.465 e. The maximum absolute atomic E-state index is 11.0. The summed E-state index contributed by atoms with van der Waals surface area (Å²) in [4.78, 5) is 11.0. The number of hydrogen-bond acceptors (Lipinski definition) is 2. The molecular formula is C12H12O2. The molecule has 0 atom stereocenters. The van der Waals surface area contributed by atoms with E-state index in [1.54, 1.807) is 13.0 Å². The van der Waals surface area contributed by atoms with Crippen molar-refractivity contribution in [2.45, 2.75) is 6.92 Å². The third-order valence-electron chi connectivity index (χ3n) is 1.75. The lowest BCUT2D eigenvalue weighted by Crippen LogP contribution is -1.99. The molecule has 72 valence electrons. The average molecular weight is 188 g/mol. The lowest BCUT2D eigenvalue weighted by Gasteiger charge is -1.93. The first-order valence-electron chi connectivity index (χ1n) is 4.30. The Bertz CT molecular complexity index is 371. The highest BCUT2D eigenvalue weighted by Gasteiger charge is 1.99. The van der Waals surface area contributed by atoms with Gasteiger partial charge in [-0.3, -0.25) is 0 Å². The van der Waals surface area contributed by atoms with Crippen LogP contribution in [0, 0.1) is 0 Å². The van der Waals surface area contributed by atoms with Crippen molar-refractivity contribution in [3.05, 3.63) is 47.2 Å². The summed E-state index contributed by atoms with van der Waals surface area (Å²) in [6, 6.07) is 9.69. The second kappa shape index (κ2) is 5.05. The number of rotatable bonds is 2. The zero-order chi connectivity index (χ0) is 10.4. The van der Waals surface area contributed by atoms with Gasteiger partial charge in [0.25, 0.3) is 0 Å². The number of carbonyl (C=O) groups excluding carboxylic acids is 1. The second-order valence-electron chi connectivity index (χ2n) is 2.82. The number of esters is 1. The lowest BCUT2D eigenvalue weighted by atomic mass is 10.2. The molecule has 0 radical (unpaired) electrons. The van der Waals surface area contributed by atoms with Crippen molar-refractivity contribution in [2.24, 2.45) is 0 Å². The largest absolute Gasteiger partial charge is 0.465 e. The van der Waals surface area contributed by atoms with E-state index in [4.69, 9.17) is 0 Å². The number of methoxy groups -OCH3 is 1. The molecule has 0 aromatic heterocycles. The van der Waals surface area contributed by atoms with Crippen molar-refractivity contribution in [1.82, 2.24) is 0 Å². The van der Waals surface area contributed by atoms with E-state index >= 15 is 0 Å². The van der Waals surface area contributed by atoms with Crippen LogP contribution < -0.4 is 0 Å². The molecule has 14 heavy (non-hydrogen) atoms. The van der Waals surface area contributed by atoms with Crippen LogP contribution >= 0.6 is 0 Å². The summed E-state index contributed by atoms with van der Waals surface area (Å²) in [5.74, 6) is -0.350. The van der Waals surface area contributed by atoms with Crippen LogP contribution in [-0.4, -0.2) is 13.1 Å². The summed E-state index contributed by atoms with van der Waals surface area (Å²) in [7, 11) is 1.36. The molecule has 2 nitrogen and oxygen atoms in total. The fraction of sp³-hybridized carbons (Fsp3) is 0.167. The summed E-state index contributed by atoms with van der Waals surface area (Å²) < 4.78 is 4.54. The SMILES string of the molecule is COC(=O)C(C)=C=Cc1ccccc1. The smallest absolute Gasteiger partial charge is 0.341 e. The molecule has 0 amide bonds. The Morgan fingerprint density at radius 2 is 2.00 bits per heavy atom. The molecule has 2 heteroatoms. The van der Waals surface area contributed by atoms with Gasteiger partial charge in [-0.2, -0.15) is 0 Å². The first-order chi connectivity index (χ1) is 6.74. The maximum Gasteiger partial charge on any atom is 0.341 e. The van der Waals surface area contributed by atoms with E-state index in [9.17, 15) is 4.79 Å². The Morgan fingerprint density at radius 3 is 2.57 bits per heavy atom. The van der Waals surface area contributed by atoms with E-state index in [-0.39, 0.29) is 5.97 Å². The van der Waals surface area contributed by atoms with Gasteiger partial charge in [0, 0.05) is 0 Å². The van der Waals surface area contributed by atoms with Crippen molar-refractivity contribution >= 4 is 12.0 Å². The van der Waals surface area contributed by atoms with E-state index in [2.05, 4.69) is 10.5 Å². The Labute approximate surface area is 83.5 Å². The van der Waals surface area contributed by atoms with Crippen LogP contribution in [0.1, 0.15) is 12.5 Å². The van der Waals surface area contributed by atoms with Crippen LogP contribution in [0.3, 0.4) is 0 Å². The van der Waals surface area contributed by atoms with Gasteiger partial charge >= 0.3 is 5.97 Å². The standard InChI is InChI=1S/C12H12O2/c1-10(12(13)14-2)8-9-11-6-4-3-5-7-11/h3-7,9H,1-2H3. The normalized spacial score (nSPS) is 8.71. The van der Waals surface area contributed by atoms with Crippen LogP contribution in [0.2, 0.25) is 0 Å². The molecule has 0 bridgehead atoms. The van der Waals surface area contributed by atoms with Gasteiger partial charge in [0.1, 0.15) is 0 Å².